The number of carbonyl (C=O) groups is 1. The van der Waals surface area contributed by atoms with Crippen LogP contribution in [0.25, 0.3) is 0 Å². The van der Waals surface area contributed by atoms with Crippen molar-refractivity contribution in [3.8, 4) is 5.75 Å². The lowest BCUT2D eigenvalue weighted by Crippen LogP contribution is -2.25. The highest BCUT2D eigenvalue weighted by molar-refractivity contribution is 7.07. The number of hydrogen-bond acceptors (Lipinski definition) is 3. The normalized spacial score (nSPS) is 10.2. The van der Waals surface area contributed by atoms with Crippen LogP contribution < -0.4 is 10.1 Å². The van der Waals surface area contributed by atoms with E-state index >= 15 is 0 Å². The number of benzene rings is 1. The molecule has 0 radical (unpaired) electrons. The van der Waals surface area contributed by atoms with Gasteiger partial charge in [-0.1, -0.05) is 18.2 Å². The second-order valence-corrected chi connectivity index (χ2v) is 5.28. The van der Waals surface area contributed by atoms with Gasteiger partial charge in [-0.15, -0.1) is 0 Å². The minimum Gasteiger partial charge on any atom is -0.494 e. The van der Waals surface area contributed by atoms with Gasteiger partial charge in [0, 0.05) is 13.0 Å². The van der Waals surface area contributed by atoms with E-state index in [9.17, 15) is 4.79 Å². The van der Waals surface area contributed by atoms with Crippen LogP contribution in [-0.2, 0) is 11.2 Å². The molecule has 0 saturated carbocycles. The van der Waals surface area contributed by atoms with Crippen LogP contribution in [-0.4, -0.2) is 19.1 Å². The second kappa shape index (κ2) is 8.38. The number of rotatable bonds is 8. The predicted octanol–water partition coefficient (Wildman–Crippen LogP) is 3.27. The number of amides is 1. The zero-order valence-corrected chi connectivity index (χ0v) is 12.2. The van der Waals surface area contributed by atoms with E-state index in [0.717, 1.165) is 18.6 Å². The van der Waals surface area contributed by atoms with Crippen molar-refractivity contribution in [2.45, 2.75) is 19.3 Å². The maximum Gasteiger partial charge on any atom is 0.220 e. The first kappa shape index (κ1) is 14.6. The molecule has 0 spiro atoms. The monoisotopic (exact) mass is 289 g/mol. The third kappa shape index (κ3) is 5.45. The van der Waals surface area contributed by atoms with Crippen molar-refractivity contribution in [3.63, 3.8) is 0 Å². The third-order valence-electron chi connectivity index (χ3n) is 2.88. The molecule has 20 heavy (non-hydrogen) atoms. The van der Waals surface area contributed by atoms with E-state index < -0.39 is 0 Å². The van der Waals surface area contributed by atoms with Crippen molar-refractivity contribution in [3.05, 3.63) is 52.7 Å². The van der Waals surface area contributed by atoms with Gasteiger partial charge in [-0.2, -0.15) is 11.3 Å². The van der Waals surface area contributed by atoms with Crippen LogP contribution in [0.2, 0.25) is 0 Å². The number of ether oxygens (including phenoxy) is 1. The van der Waals surface area contributed by atoms with Crippen molar-refractivity contribution in [1.29, 1.82) is 0 Å². The highest BCUT2D eigenvalue weighted by Gasteiger charge is 2.02. The fraction of sp³-hybridized carbons (Fsp3) is 0.312. The quantitative estimate of drug-likeness (QED) is 0.757. The van der Waals surface area contributed by atoms with Crippen LogP contribution in [0.4, 0.5) is 0 Å². The zero-order chi connectivity index (χ0) is 14.0. The summed E-state index contributed by atoms with van der Waals surface area (Å²) in [5, 5.41) is 7.04. The fourth-order valence-electron chi connectivity index (χ4n) is 1.79. The van der Waals surface area contributed by atoms with Crippen molar-refractivity contribution in [2.75, 3.05) is 13.2 Å². The molecule has 2 aromatic rings. The van der Waals surface area contributed by atoms with E-state index in [-0.39, 0.29) is 5.91 Å². The summed E-state index contributed by atoms with van der Waals surface area (Å²) in [6.07, 6.45) is 2.19. The first-order chi connectivity index (χ1) is 9.84. The summed E-state index contributed by atoms with van der Waals surface area (Å²) < 4.78 is 5.56. The van der Waals surface area contributed by atoms with Crippen LogP contribution in [0.5, 0.6) is 5.75 Å². The summed E-state index contributed by atoms with van der Waals surface area (Å²) in [5.74, 6) is 0.979. The molecular formula is C16H19NO2S. The topological polar surface area (TPSA) is 38.3 Å². The standard InChI is InChI=1S/C16H19NO2S/c18-16(8-7-14-9-12-20-13-14)17-10-4-11-19-15-5-2-1-3-6-15/h1-3,5-6,9,12-13H,4,7-8,10-11H2,(H,17,18). The molecular weight excluding hydrogens is 270 g/mol. The Labute approximate surface area is 123 Å². The van der Waals surface area contributed by atoms with Gasteiger partial charge in [0.15, 0.2) is 0 Å². The third-order valence-corrected chi connectivity index (χ3v) is 3.61. The Morgan fingerprint density at radius 2 is 2.05 bits per heavy atom. The Morgan fingerprint density at radius 3 is 2.80 bits per heavy atom. The van der Waals surface area contributed by atoms with Crippen LogP contribution >= 0.6 is 11.3 Å². The van der Waals surface area contributed by atoms with Crippen LogP contribution in [0.15, 0.2) is 47.2 Å². The van der Waals surface area contributed by atoms with Gasteiger partial charge in [0.2, 0.25) is 5.91 Å². The van der Waals surface area contributed by atoms with Crippen LogP contribution in [0.1, 0.15) is 18.4 Å². The highest BCUT2D eigenvalue weighted by atomic mass is 32.1. The Kier molecular flexibility index (Phi) is 6.11. The van der Waals surface area contributed by atoms with E-state index in [2.05, 4.69) is 16.8 Å². The Bertz CT molecular complexity index is 496. The molecule has 0 saturated heterocycles. The lowest BCUT2D eigenvalue weighted by molar-refractivity contribution is -0.121. The number of nitrogens with one attached hydrogen (secondary N) is 1. The Balaban J connectivity index is 1.51. The molecule has 0 fully saturated rings. The van der Waals surface area contributed by atoms with Gasteiger partial charge in [0.1, 0.15) is 5.75 Å². The van der Waals surface area contributed by atoms with E-state index in [4.69, 9.17) is 4.74 Å². The lowest BCUT2D eigenvalue weighted by atomic mass is 10.2. The molecule has 0 unspecified atom stereocenters. The molecule has 1 N–H and O–H groups in total. The molecule has 1 heterocycles. The number of thiophene rings is 1. The summed E-state index contributed by atoms with van der Waals surface area (Å²) in [5.41, 5.74) is 1.23. The first-order valence-electron chi connectivity index (χ1n) is 6.80. The SMILES string of the molecule is O=C(CCc1ccsc1)NCCCOc1ccccc1. The number of hydrogen-bond donors (Lipinski definition) is 1. The molecule has 0 aliphatic rings. The van der Waals surface area contributed by atoms with E-state index in [1.165, 1.54) is 5.56 Å². The van der Waals surface area contributed by atoms with Gasteiger partial charge < -0.3 is 10.1 Å². The Hall–Kier alpha value is -1.81. The van der Waals surface area contributed by atoms with Crippen LogP contribution in [0.3, 0.4) is 0 Å². The average Bonchev–Trinajstić information content (AvgIpc) is 2.99. The largest absolute Gasteiger partial charge is 0.494 e. The summed E-state index contributed by atoms with van der Waals surface area (Å²) in [6.45, 7) is 1.28. The molecule has 106 valence electrons. The molecule has 0 bridgehead atoms. The predicted molar refractivity (Wildman–Crippen MR) is 82.2 cm³/mol. The summed E-state index contributed by atoms with van der Waals surface area (Å²) in [7, 11) is 0. The zero-order valence-electron chi connectivity index (χ0n) is 11.4. The summed E-state index contributed by atoms with van der Waals surface area (Å²) in [4.78, 5) is 11.6. The van der Waals surface area contributed by atoms with E-state index in [0.29, 0.717) is 19.6 Å². The second-order valence-electron chi connectivity index (χ2n) is 4.50. The molecule has 2 rings (SSSR count). The summed E-state index contributed by atoms with van der Waals surface area (Å²) >= 11 is 1.67. The molecule has 0 aliphatic heterocycles. The molecule has 0 atom stereocenters. The fourth-order valence-corrected chi connectivity index (χ4v) is 2.49. The summed E-state index contributed by atoms with van der Waals surface area (Å²) in [6, 6.07) is 11.8. The van der Waals surface area contributed by atoms with Crippen molar-refractivity contribution in [2.24, 2.45) is 0 Å². The minimum absolute atomic E-state index is 0.107. The highest BCUT2D eigenvalue weighted by Crippen LogP contribution is 2.09. The molecule has 1 amide bonds. The molecule has 4 heteroatoms. The number of aryl methyl sites for hydroxylation is 1. The first-order valence-corrected chi connectivity index (χ1v) is 7.74. The van der Waals surface area contributed by atoms with Gasteiger partial charge in [0.05, 0.1) is 6.61 Å². The van der Waals surface area contributed by atoms with Crippen LogP contribution in [0, 0.1) is 0 Å². The lowest BCUT2D eigenvalue weighted by Gasteiger charge is -2.07. The maximum absolute atomic E-state index is 11.6. The van der Waals surface area contributed by atoms with Gasteiger partial charge in [0.25, 0.3) is 0 Å². The Morgan fingerprint density at radius 1 is 1.20 bits per heavy atom. The van der Waals surface area contributed by atoms with Gasteiger partial charge >= 0.3 is 0 Å². The molecule has 3 nitrogen and oxygen atoms in total. The average molecular weight is 289 g/mol. The van der Waals surface area contributed by atoms with Crippen molar-refractivity contribution < 1.29 is 9.53 Å². The number of para-hydroxylation sites is 1. The molecule has 0 aliphatic carbocycles. The van der Waals surface area contributed by atoms with Gasteiger partial charge in [-0.25, -0.2) is 0 Å². The van der Waals surface area contributed by atoms with Crippen molar-refractivity contribution in [1.82, 2.24) is 5.32 Å². The van der Waals surface area contributed by atoms with E-state index in [1.807, 2.05) is 35.7 Å². The smallest absolute Gasteiger partial charge is 0.220 e. The molecule has 1 aromatic carbocycles. The van der Waals surface area contributed by atoms with Gasteiger partial charge in [-0.05, 0) is 47.4 Å². The minimum atomic E-state index is 0.107. The van der Waals surface area contributed by atoms with E-state index in [1.54, 1.807) is 11.3 Å². The van der Waals surface area contributed by atoms with Gasteiger partial charge in [-0.3, -0.25) is 4.79 Å². The maximum atomic E-state index is 11.6. The number of carbonyl (C=O) groups excluding carboxylic acids is 1. The van der Waals surface area contributed by atoms with Crippen molar-refractivity contribution >= 4 is 17.2 Å². The molecule has 1 aromatic heterocycles.